The number of pyridine rings is 1. The van der Waals surface area contributed by atoms with E-state index in [1.165, 1.54) is 49.8 Å². The SMILES string of the molecule is C/C=C\C=c1\c(=O)[nH]c2ccc(NC)c3c2c1=CC3.C=CCNCCN1CCCCC1. The molecule has 31 heavy (non-hydrogen) atoms. The van der Waals surface area contributed by atoms with Gasteiger partial charge in [-0.15, -0.1) is 6.58 Å². The van der Waals surface area contributed by atoms with E-state index in [9.17, 15) is 4.79 Å². The number of H-pyrrole nitrogens is 1. The van der Waals surface area contributed by atoms with Gasteiger partial charge in [0.05, 0.1) is 0 Å². The normalized spacial score (nSPS) is 16.3. The van der Waals surface area contributed by atoms with Crippen LogP contribution in [0.4, 0.5) is 5.69 Å². The lowest BCUT2D eigenvalue weighted by molar-refractivity contribution is 0.230. The van der Waals surface area contributed by atoms with Gasteiger partial charge in [0, 0.05) is 48.5 Å². The summed E-state index contributed by atoms with van der Waals surface area (Å²) < 4.78 is 0. The van der Waals surface area contributed by atoms with Crippen molar-refractivity contribution in [1.29, 1.82) is 0 Å². The number of nitrogens with zero attached hydrogens (tertiary/aromatic N) is 1. The summed E-state index contributed by atoms with van der Waals surface area (Å²) in [5.41, 5.74) is 3.29. The van der Waals surface area contributed by atoms with Gasteiger partial charge in [-0.2, -0.15) is 0 Å². The number of allylic oxidation sites excluding steroid dienone is 2. The molecule has 1 aromatic heterocycles. The zero-order valence-corrected chi connectivity index (χ0v) is 19.0. The molecule has 0 saturated carbocycles. The number of nitrogens with one attached hydrogen (secondary N) is 3. The Morgan fingerprint density at radius 2 is 2.03 bits per heavy atom. The van der Waals surface area contributed by atoms with Crippen molar-refractivity contribution in [2.75, 3.05) is 45.1 Å². The van der Waals surface area contributed by atoms with Crippen molar-refractivity contribution in [1.82, 2.24) is 15.2 Å². The number of hydrogen-bond donors (Lipinski definition) is 3. The Hall–Kier alpha value is -2.63. The lowest BCUT2D eigenvalue weighted by Gasteiger charge is -2.26. The first-order valence-electron chi connectivity index (χ1n) is 11.4. The highest BCUT2D eigenvalue weighted by Crippen LogP contribution is 2.25. The molecule has 2 aliphatic rings. The minimum absolute atomic E-state index is 0.0260. The zero-order valence-electron chi connectivity index (χ0n) is 19.0. The van der Waals surface area contributed by atoms with Crippen molar-refractivity contribution in [2.45, 2.75) is 32.6 Å². The van der Waals surface area contributed by atoms with Gasteiger partial charge < -0.3 is 20.5 Å². The minimum atomic E-state index is -0.0260. The molecule has 1 aliphatic heterocycles. The van der Waals surface area contributed by atoms with Crippen LogP contribution in [0, 0.1) is 0 Å². The lowest BCUT2D eigenvalue weighted by Crippen LogP contribution is -2.40. The molecule has 1 aromatic carbocycles. The van der Waals surface area contributed by atoms with E-state index in [0.29, 0.717) is 0 Å². The molecule has 2 aromatic rings. The number of anilines is 1. The molecule has 4 rings (SSSR count). The maximum atomic E-state index is 12.1. The molecular formula is C26H36N4O. The minimum Gasteiger partial charge on any atom is -0.388 e. The molecule has 5 nitrogen and oxygen atoms in total. The van der Waals surface area contributed by atoms with Crippen molar-refractivity contribution >= 4 is 28.7 Å². The van der Waals surface area contributed by atoms with Crippen molar-refractivity contribution < 1.29 is 0 Å². The van der Waals surface area contributed by atoms with Crippen LogP contribution in [-0.2, 0) is 6.42 Å². The highest BCUT2D eigenvalue weighted by atomic mass is 16.1. The molecule has 1 aliphatic carbocycles. The van der Waals surface area contributed by atoms with Crippen LogP contribution in [0.1, 0.15) is 31.7 Å². The molecular weight excluding hydrogens is 384 g/mol. The molecule has 0 amide bonds. The van der Waals surface area contributed by atoms with Gasteiger partial charge in [-0.1, -0.05) is 30.7 Å². The van der Waals surface area contributed by atoms with Crippen molar-refractivity contribution in [3.63, 3.8) is 0 Å². The summed E-state index contributed by atoms with van der Waals surface area (Å²) in [5, 5.41) is 9.51. The van der Waals surface area contributed by atoms with Crippen LogP contribution in [0.25, 0.3) is 23.1 Å². The molecule has 0 radical (unpaired) electrons. The Balaban J connectivity index is 0.000000196. The monoisotopic (exact) mass is 420 g/mol. The predicted octanol–water partition coefficient (Wildman–Crippen LogP) is 2.51. The molecule has 166 valence electrons. The summed E-state index contributed by atoms with van der Waals surface area (Å²) in [4.78, 5) is 17.7. The Morgan fingerprint density at radius 3 is 2.74 bits per heavy atom. The van der Waals surface area contributed by atoms with Gasteiger partial charge in [-0.25, -0.2) is 0 Å². The van der Waals surface area contributed by atoms with Crippen LogP contribution in [0.3, 0.4) is 0 Å². The number of aromatic nitrogens is 1. The van der Waals surface area contributed by atoms with E-state index in [0.717, 1.165) is 41.2 Å². The smallest absolute Gasteiger partial charge is 0.256 e. The highest BCUT2D eigenvalue weighted by Gasteiger charge is 2.14. The van der Waals surface area contributed by atoms with E-state index in [1.807, 2.05) is 50.4 Å². The summed E-state index contributed by atoms with van der Waals surface area (Å²) in [6, 6.07) is 3.99. The van der Waals surface area contributed by atoms with Gasteiger partial charge in [0.2, 0.25) is 0 Å². The van der Waals surface area contributed by atoms with E-state index in [4.69, 9.17) is 0 Å². The third-order valence-corrected chi connectivity index (χ3v) is 5.94. The van der Waals surface area contributed by atoms with Crippen LogP contribution in [0.15, 0.2) is 41.7 Å². The number of benzene rings is 1. The van der Waals surface area contributed by atoms with Gasteiger partial charge >= 0.3 is 0 Å². The Morgan fingerprint density at radius 1 is 1.23 bits per heavy atom. The topological polar surface area (TPSA) is 60.2 Å². The molecule has 1 saturated heterocycles. The fourth-order valence-electron chi connectivity index (χ4n) is 4.35. The fourth-order valence-corrected chi connectivity index (χ4v) is 4.35. The molecule has 2 heterocycles. The van der Waals surface area contributed by atoms with Gasteiger partial charge in [-0.05, 0) is 68.3 Å². The van der Waals surface area contributed by atoms with Crippen molar-refractivity contribution in [3.05, 3.63) is 63.3 Å². The summed E-state index contributed by atoms with van der Waals surface area (Å²) >= 11 is 0. The van der Waals surface area contributed by atoms with Gasteiger partial charge in [0.25, 0.3) is 5.56 Å². The second-order valence-corrected chi connectivity index (χ2v) is 8.04. The first kappa shape index (κ1) is 23.0. The van der Waals surface area contributed by atoms with E-state index in [2.05, 4.69) is 33.2 Å². The number of likely N-dealkylation sites (tertiary alicyclic amines) is 1. The van der Waals surface area contributed by atoms with Crippen molar-refractivity contribution in [3.8, 4) is 0 Å². The number of piperidine rings is 1. The highest BCUT2D eigenvalue weighted by molar-refractivity contribution is 5.91. The molecule has 3 N–H and O–H groups in total. The molecule has 1 fully saturated rings. The maximum Gasteiger partial charge on any atom is 0.256 e. The molecule has 0 spiro atoms. The summed E-state index contributed by atoms with van der Waals surface area (Å²) in [5.74, 6) is 0. The summed E-state index contributed by atoms with van der Waals surface area (Å²) in [7, 11) is 1.92. The lowest BCUT2D eigenvalue weighted by atomic mass is 10.1. The molecule has 0 bridgehead atoms. The summed E-state index contributed by atoms with van der Waals surface area (Å²) in [6.07, 6.45) is 14.8. The number of aromatic amines is 1. The van der Waals surface area contributed by atoms with E-state index in [-0.39, 0.29) is 5.56 Å². The second kappa shape index (κ2) is 11.7. The van der Waals surface area contributed by atoms with Gasteiger partial charge in [0.1, 0.15) is 0 Å². The zero-order chi connectivity index (χ0) is 22.1. The number of hydrogen-bond acceptors (Lipinski definition) is 4. The van der Waals surface area contributed by atoms with Crippen LogP contribution in [-0.4, -0.2) is 49.7 Å². The first-order valence-corrected chi connectivity index (χ1v) is 11.4. The van der Waals surface area contributed by atoms with E-state index in [1.54, 1.807) is 0 Å². The van der Waals surface area contributed by atoms with Crippen LogP contribution in [0.2, 0.25) is 0 Å². The molecule has 5 heteroatoms. The summed E-state index contributed by atoms with van der Waals surface area (Å²) in [6.45, 7) is 11.5. The Labute approximate surface area is 185 Å². The third kappa shape index (κ3) is 5.75. The fraction of sp³-hybridized carbons (Fsp3) is 0.423. The van der Waals surface area contributed by atoms with E-state index >= 15 is 0 Å². The van der Waals surface area contributed by atoms with Crippen LogP contribution >= 0.6 is 0 Å². The molecule has 0 unspecified atom stereocenters. The largest absolute Gasteiger partial charge is 0.388 e. The second-order valence-electron chi connectivity index (χ2n) is 8.04. The Kier molecular flexibility index (Phi) is 8.68. The average molecular weight is 421 g/mol. The number of rotatable bonds is 7. The van der Waals surface area contributed by atoms with Crippen LogP contribution < -0.4 is 26.6 Å². The quantitative estimate of drug-likeness (QED) is 0.476. The van der Waals surface area contributed by atoms with Gasteiger partial charge in [0.15, 0.2) is 0 Å². The standard InChI is InChI=1S/C16H16N2O.C10H20N2/c1-3-4-5-11-10-6-7-12-13(17-2)8-9-14(15(10)12)18-16(11)19;1-2-6-11-7-10-12-8-4-3-5-9-12/h3-6,8-9,17H,7H2,1-2H3,(H,18,19);2,11H,1,3-10H2/b4-3-,11-5+;. The average Bonchev–Trinajstić information content (AvgIpc) is 3.24. The van der Waals surface area contributed by atoms with Crippen LogP contribution in [0.5, 0.6) is 0 Å². The Bertz CT molecular complexity index is 1090. The predicted molar refractivity (Wildman–Crippen MR) is 134 cm³/mol. The third-order valence-electron chi connectivity index (χ3n) is 5.94. The van der Waals surface area contributed by atoms with Gasteiger partial charge in [-0.3, -0.25) is 4.79 Å². The molecule has 0 atom stereocenters. The van der Waals surface area contributed by atoms with E-state index < -0.39 is 0 Å². The van der Waals surface area contributed by atoms with Crippen molar-refractivity contribution in [2.24, 2.45) is 0 Å². The maximum absolute atomic E-state index is 12.1. The first-order chi connectivity index (χ1) is 15.2.